The van der Waals surface area contributed by atoms with Crippen molar-refractivity contribution in [1.82, 2.24) is 4.57 Å². The van der Waals surface area contributed by atoms with Gasteiger partial charge < -0.3 is 20.8 Å². The molecule has 1 aromatic heterocycles. The minimum atomic E-state index is -0.501. The number of ether oxygens (including phenoxy) is 1. The number of nitrogens with zero attached hydrogens (tertiary/aromatic N) is 2. The Balaban J connectivity index is 0.00000115. The van der Waals surface area contributed by atoms with Crippen LogP contribution in [0.15, 0.2) is 83.9 Å². The molecule has 3 aromatic carbocycles. The Bertz CT molecular complexity index is 1430. The highest BCUT2D eigenvalue weighted by Crippen LogP contribution is 2.26. The first kappa shape index (κ1) is 25.6. The molecule has 1 heterocycles. The predicted octanol–water partition coefficient (Wildman–Crippen LogP) is 3.53. The van der Waals surface area contributed by atoms with Gasteiger partial charge in [0.05, 0.1) is 22.5 Å². The highest BCUT2D eigenvalue weighted by molar-refractivity contribution is 6.00. The normalized spacial score (nSPS) is 10.0. The molecule has 0 fully saturated rings. The molecular weight excluding hydrogens is 460 g/mol. The highest BCUT2D eigenvalue weighted by atomic mass is 16.5. The first-order valence-corrected chi connectivity index (χ1v) is 10.9. The van der Waals surface area contributed by atoms with Gasteiger partial charge in [0.15, 0.2) is 11.7 Å². The van der Waals surface area contributed by atoms with E-state index in [0.717, 1.165) is 16.5 Å². The van der Waals surface area contributed by atoms with Crippen molar-refractivity contribution in [3.05, 3.63) is 95.7 Å². The van der Waals surface area contributed by atoms with E-state index in [9.17, 15) is 9.59 Å². The number of hydrogen-bond acceptors (Lipinski definition) is 6. The second-order valence-electron chi connectivity index (χ2n) is 7.77. The van der Waals surface area contributed by atoms with Gasteiger partial charge in [-0.2, -0.15) is 9.59 Å². The van der Waals surface area contributed by atoms with Gasteiger partial charge in [-0.1, -0.05) is 30.3 Å². The fourth-order valence-corrected chi connectivity index (χ4v) is 3.66. The van der Waals surface area contributed by atoms with Crippen LogP contribution in [0.5, 0.6) is 5.75 Å². The molecule has 9 nitrogen and oxygen atoms in total. The summed E-state index contributed by atoms with van der Waals surface area (Å²) in [5, 5.41) is 0.905. The van der Waals surface area contributed by atoms with Crippen molar-refractivity contribution >= 4 is 40.5 Å². The van der Waals surface area contributed by atoms with Crippen LogP contribution in [0.1, 0.15) is 32.8 Å². The summed E-state index contributed by atoms with van der Waals surface area (Å²) >= 11 is 0. The number of fused-ring (bicyclic) bond motifs is 1. The van der Waals surface area contributed by atoms with Gasteiger partial charge >= 0.3 is 12.1 Å². The van der Waals surface area contributed by atoms with Crippen molar-refractivity contribution in [2.45, 2.75) is 12.8 Å². The largest absolute Gasteiger partial charge is 0.423 e. The van der Waals surface area contributed by atoms with E-state index < -0.39 is 5.97 Å². The van der Waals surface area contributed by atoms with Crippen LogP contribution in [0.25, 0.3) is 10.9 Å². The van der Waals surface area contributed by atoms with E-state index in [-0.39, 0.29) is 17.9 Å². The van der Waals surface area contributed by atoms with E-state index in [2.05, 4.69) is 4.99 Å². The smallest absolute Gasteiger partial charge is 0.373 e. The molecule has 0 unspecified atom stereocenters. The molecule has 4 rings (SSSR count). The second-order valence-corrected chi connectivity index (χ2v) is 7.77. The summed E-state index contributed by atoms with van der Waals surface area (Å²) in [7, 11) is 1.84. The molecule has 0 aliphatic carbocycles. The van der Waals surface area contributed by atoms with Crippen LogP contribution in [0, 0.1) is 0 Å². The van der Waals surface area contributed by atoms with Crippen molar-refractivity contribution in [2.75, 3.05) is 0 Å². The maximum atomic E-state index is 12.8. The molecule has 0 saturated heterocycles. The van der Waals surface area contributed by atoms with Crippen molar-refractivity contribution in [3.63, 3.8) is 0 Å². The second kappa shape index (κ2) is 11.9. The van der Waals surface area contributed by atoms with Gasteiger partial charge in [0.1, 0.15) is 5.75 Å². The topological polar surface area (TPSA) is 147 Å². The Morgan fingerprint density at radius 1 is 0.944 bits per heavy atom. The number of carbonyl (C=O) groups is 2. The van der Waals surface area contributed by atoms with Gasteiger partial charge in [-0.05, 0) is 54.4 Å². The minimum Gasteiger partial charge on any atom is -0.423 e. The summed E-state index contributed by atoms with van der Waals surface area (Å²) in [4.78, 5) is 45.5. The van der Waals surface area contributed by atoms with E-state index >= 15 is 0 Å². The van der Waals surface area contributed by atoms with Gasteiger partial charge in [-0.15, -0.1) is 0 Å². The average Bonchev–Trinajstić information content (AvgIpc) is 3.19. The zero-order chi connectivity index (χ0) is 26.1. The van der Waals surface area contributed by atoms with Crippen LogP contribution in [0.2, 0.25) is 0 Å². The van der Waals surface area contributed by atoms with Crippen LogP contribution in [-0.4, -0.2) is 28.4 Å². The van der Waals surface area contributed by atoms with Crippen LogP contribution in [-0.2, 0) is 23.1 Å². The molecule has 182 valence electrons. The minimum absolute atomic E-state index is 0.0564. The van der Waals surface area contributed by atoms with Crippen molar-refractivity contribution in [1.29, 1.82) is 0 Å². The van der Waals surface area contributed by atoms with E-state index in [1.54, 1.807) is 36.4 Å². The van der Waals surface area contributed by atoms with Gasteiger partial charge in [0.25, 0.3) is 0 Å². The van der Waals surface area contributed by atoms with Gasteiger partial charge in [-0.3, -0.25) is 4.79 Å². The van der Waals surface area contributed by atoms with E-state index in [0.29, 0.717) is 35.5 Å². The summed E-state index contributed by atoms with van der Waals surface area (Å²) in [6, 6.07) is 23.6. The molecule has 4 aromatic rings. The Kier molecular flexibility index (Phi) is 8.48. The summed E-state index contributed by atoms with van der Waals surface area (Å²) in [5.41, 5.74) is 14.2. The first-order chi connectivity index (χ1) is 17.3. The SMILES string of the molecule is Cn1c(C(=O)CCc2ccccc2)cc2ccc(OC(=O)c3ccc(N=C(N)N)cc3)cc21.O=C=O. The number of hydrogen-bond donors (Lipinski definition) is 2. The van der Waals surface area contributed by atoms with E-state index in [1.165, 1.54) is 0 Å². The molecule has 0 aliphatic heterocycles. The van der Waals surface area contributed by atoms with Crippen molar-refractivity contribution in [2.24, 2.45) is 23.5 Å². The molecule has 0 amide bonds. The summed E-state index contributed by atoms with van der Waals surface area (Å²) < 4.78 is 7.37. The van der Waals surface area contributed by atoms with Crippen molar-refractivity contribution < 1.29 is 23.9 Å². The molecule has 4 N–H and O–H groups in total. The average molecular weight is 485 g/mol. The summed E-state index contributed by atoms with van der Waals surface area (Å²) in [6.07, 6.45) is 1.36. The number of nitrogens with two attached hydrogens (primary N) is 2. The van der Waals surface area contributed by atoms with Gasteiger partial charge in [0.2, 0.25) is 0 Å². The van der Waals surface area contributed by atoms with Crippen LogP contribution >= 0.6 is 0 Å². The maximum absolute atomic E-state index is 12.8. The van der Waals surface area contributed by atoms with Crippen LogP contribution in [0.4, 0.5) is 5.69 Å². The lowest BCUT2D eigenvalue weighted by atomic mass is 10.1. The number of aliphatic imine (C=N–C) groups is 1. The Morgan fingerprint density at radius 3 is 2.25 bits per heavy atom. The number of carbonyl (C=O) groups excluding carboxylic acids is 4. The molecule has 0 radical (unpaired) electrons. The fourth-order valence-electron chi connectivity index (χ4n) is 3.66. The fraction of sp³-hybridized carbons (Fsp3) is 0.111. The molecule has 0 saturated carbocycles. The lowest BCUT2D eigenvalue weighted by Gasteiger charge is -2.07. The first-order valence-electron chi connectivity index (χ1n) is 10.9. The monoisotopic (exact) mass is 484 g/mol. The molecule has 9 heteroatoms. The molecule has 0 atom stereocenters. The highest BCUT2D eigenvalue weighted by Gasteiger charge is 2.15. The quantitative estimate of drug-likeness (QED) is 0.134. The van der Waals surface area contributed by atoms with E-state index in [1.807, 2.05) is 54.1 Å². The lowest BCUT2D eigenvalue weighted by Crippen LogP contribution is -2.21. The van der Waals surface area contributed by atoms with Crippen LogP contribution in [0.3, 0.4) is 0 Å². The van der Waals surface area contributed by atoms with E-state index in [4.69, 9.17) is 25.8 Å². The third-order valence-electron chi connectivity index (χ3n) is 5.36. The van der Waals surface area contributed by atoms with Gasteiger partial charge in [-0.25, -0.2) is 9.79 Å². The molecule has 36 heavy (non-hydrogen) atoms. The third kappa shape index (κ3) is 6.53. The number of aryl methyl sites for hydroxylation is 2. The number of esters is 1. The summed E-state index contributed by atoms with van der Waals surface area (Å²) in [6.45, 7) is 0. The van der Waals surface area contributed by atoms with Crippen LogP contribution < -0.4 is 16.2 Å². The molecular formula is C27H24N4O5. The standard InChI is InChI=1S/C26H24N4O3.CO2/c1-30-22-16-21(33-25(32)18-8-11-20(12-9-18)29-26(27)28)13-10-19(22)15-23(30)24(31)14-7-17-5-3-2-4-6-17;2-1-3/h2-6,8-13,15-16H,7,14H2,1H3,(H4,27,28,29);. The van der Waals surface area contributed by atoms with Gasteiger partial charge in [0, 0.05) is 24.9 Å². The number of Topliss-reactive ketones (excluding diaryl/α,β-unsaturated/α-hetero) is 1. The summed E-state index contributed by atoms with van der Waals surface area (Å²) in [5.74, 6) is -0.0969. The third-order valence-corrected chi connectivity index (χ3v) is 5.36. The number of rotatable bonds is 7. The molecule has 0 bridgehead atoms. The van der Waals surface area contributed by atoms with Crippen molar-refractivity contribution in [3.8, 4) is 5.75 Å². The number of guanidine groups is 1. The number of benzene rings is 3. The number of aromatic nitrogens is 1. The molecule has 0 aliphatic rings. The Labute approximate surface area is 207 Å². The predicted molar refractivity (Wildman–Crippen MR) is 134 cm³/mol. The zero-order valence-electron chi connectivity index (χ0n) is 19.5. The Hall–Kier alpha value is -5.01. The molecule has 0 spiro atoms. The zero-order valence-corrected chi connectivity index (χ0v) is 19.5. The Morgan fingerprint density at radius 2 is 1.61 bits per heavy atom. The lowest BCUT2D eigenvalue weighted by molar-refractivity contribution is -0.191. The maximum Gasteiger partial charge on any atom is 0.373 e. The number of ketones is 1.